The van der Waals surface area contributed by atoms with E-state index in [1.807, 2.05) is 30.3 Å². The molecule has 120 valence electrons. The lowest BCUT2D eigenvalue weighted by molar-refractivity contribution is 0.422. The Bertz CT molecular complexity index is 994. The second-order valence-electron chi connectivity index (χ2n) is 5.35. The van der Waals surface area contributed by atoms with Crippen LogP contribution in [-0.4, -0.2) is 20.1 Å². The van der Waals surface area contributed by atoms with Gasteiger partial charge in [0.15, 0.2) is 11.6 Å². The molecule has 2 heterocycles. The van der Waals surface area contributed by atoms with Crippen molar-refractivity contribution in [3.8, 4) is 11.5 Å². The summed E-state index contributed by atoms with van der Waals surface area (Å²) < 4.78 is 32.1. The highest BCUT2D eigenvalue weighted by Gasteiger charge is 2.12. The summed E-state index contributed by atoms with van der Waals surface area (Å²) >= 11 is 0. The van der Waals surface area contributed by atoms with Crippen molar-refractivity contribution in [1.29, 1.82) is 0 Å². The summed E-state index contributed by atoms with van der Waals surface area (Å²) in [7, 11) is 0. The summed E-state index contributed by atoms with van der Waals surface area (Å²) in [5, 5.41) is 3.93. The van der Waals surface area contributed by atoms with E-state index in [1.54, 1.807) is 0 Å². The van der Waals surface area contributed by atoms with Gasteiger partial charge < -0.3 is 9.51 Å². The molecular formula is C17H12F2N4O. The maximum Gasteiger partial charge on any atom is 0.257 e. The third kappa shape index (κ3) is 2.76. The molecule has 7 heteroatoms. The fourth-order valence-electron chi connectivity index (χ4n) is 2.50. The van der Waals surface area contributed by atoms with Gasteiger partial charge in [-0.05, 0) is 18.2 Å². The zero-order valence-corrected chi connectivity index (χ0v) is 12.5. The molecule has 0 atom stereocenters. The predicted octanol–water partition coefficient (Wildman–Crippen LogP) is 3.68. The van der Waals surface area contributed by atoms with Gasteiger partial charge in [-0.1, -0.05) is 23.4 Å². The smallest absolute Gasteiger partial charge is 0.257 e. The molecule has 0 bridgehead atoms. The first kappa shape index (κ1) is 14.5. The molecule has 24 heavy (non-hydrogen) atoms. The normalized spacial score (nSPS) is 11.2. The maximum atomic E-state index is 13.7. The number of aromatic amines is 1. The standard InChI is InChI=1S/C17H12F2N4O/c18-11-8-12(19)16-13(9-11)20-14(21-16)6-7-15-22-17(24-23-15)10-4-2-1-3-5-10/h1-5,8-9H,6-7H2,(H,20,21). The van der Waals surface area contributed by atoms with Crippen LogP contribution < -0.4 is 0 Å². The Morgan fingerprint density at radius 3 is 2.67 bits per heavy atom. The summed E-state index contributed by atoms with van der Waals surface area (Å²) in [4.78, 5) is 11.4. The second-order valence-corrected chi connectivity index (χ2v) is 5.35. The number of hydrogen-bond donors (Lipinski definition) is 1. The van der Waals surface area contributed by atoms with Crippen LogP contribution >= 0.6 is 0 Å². The Hall–Kier alpha value is -3.09. The Morgan fingerprint density at radius 1 is 1.00 bits per heavy atom. The number of imidazole rings is 1. The number of rotatable bonds is 4. The SMILES string of the molecule is Fc1cc(F)c2nc(CCc3noc(-c4ccccc4)n3)[nH]c2c1. The van der Waals surface area contributed by atoms with Crippen molar-refractivity contribution in [2.24, 2.45) is 0 Å². The highest BCUT2D eigenvalue weighted by Crippen LogP contribution is 2.19. The first-order valence-corrected chi connectivity index (χ1v) is 7.41. The Kier molecular flexibility index (Phi) is 3.53. The molecule has 0 fully saturated rings. The van der Waals surface area contributed by atoms with Crippen LogP contribution in [0.15, 0.2) is 47.0 Å². The number of fused-ring (bicyclic) bond motifs is 1. The van der Waals surface area contributed by atoms with Gasteiger partial charge in [0.05, 0.1) is 5.52 Å². The van der Waals surface area contributed by atoms with Crippen molar-refractivity contribution in [1.82, 2.24) is 20.1 Å². The fraction of sp³-hybridized carbons (Fsp3) is 0.118. The highest BCUT2D eigenvalue weighted by molar-refractivity contribution is 5.75. The molecule has 2 aromatic carbocycles. The number of aromatic nitrogens is 4. The second kappa shape index (κ2) is 5.84. The van der Waals surface area contributed by atoms with Crippen LogP contribution in [0.25, 0.3) is 22.5 Å². The number of aryl methyl sites for hydroxylation is 2. The lowest BCUT2D eigenvalue weighted by Crippen LogP contribution is -1.95. The van der Waals surface area contributed by atoms with Crippen LogP contribution in [0.1, 0.15) is 11.6 Å². The third-order valence-electron chi connectivity index (χ3n) is 3.63. The average Bonchev–Trinajstić information content (AvgIpc) is 3.20. The van der Waals surface area contributed by atoms with E-state index in [2.05, 4.69) is 20.1 Å². The van der Waals surface area contributed by atoms with Crippen LogP contribution in [0, 0.1) is 11.6 Å². The molecule has 0 radical (unpaired) electrons. The molecule has 5 nitrogen and oxygen atoms in total. The monoisotopic (exact) mass is 326 g/mol. The van der Waals surface area contributed by atoms with Crippen LogP contribution in [-0.2, 0) is 12.8 Å². The molecule has 0 unspecified atom stereocenters. The molecule has 0 saturated heterocycles. The van der Waals surface area contributed by atoms with Crippen molar-refractivity contribution in [3.63, 3.8) is 0 Å². The zero-order chi connectivity index (χ0) is 16.5. The van der Waals surface area contributed by atoms with Gasteiger partial charge in [-0.2, -0.15) is 4.98 Å². The average molecular weight is 326 g/mol. The van der Waals surface area contributed by atoms with Crippen LogP contribution in [0.3, 0.4) is 0 Å². The van der Waals surface area contributed by atoms with Crippen LogP contribution in [0.4, 0.5) is 8.78 Å². The van der Waals surface area contributed by atoms with E-state index >= 15 is 0 Å². The molecule has 4 aromatic rings. The molecule has 0 aliphatic rings. The van der Waals surface area contributed by atoms with Crippen molar-refractivity contribution in [3.05, 3.63) is 65.7 Å². The molecule has 1 N–H and O–H groups in total. The van der Waals surface area contributed by atoms with E-state index in [1.165, 1.54) is 6.07 Å². The number of hydrogen-bond acceptors (Lipinski definition) is 4. The molecule has 2 aromatic heterocycles. The number of nitrogens with zero attached hydrogens (tertiary/aromatic N) is 3. The fourth-order valence-corrected chi connectivity index (χ4v) is 2.50. The quantitative estimate of drug-likeness (QED) is 0.621. The molecule has 0 spiro atoms. The summed E-state index contributed by atoms with van der Waals surface area (Å²) in [5.74, 6) is 0.198. The van der Waals surface area contributed by atoms with Gasteiger partial charge in [0, 0.05) is 24.5 Å². The largest absolute Gasteiger partial charge is 0.342 e. The molecular weight excluding hydrogens is 314 g/mol. The number of H-pyrrole nitrogens is 1. The Labute approximate surface area is 135 Å². The lowest BCUT2D eigenvalue weighted by atomic mass is 10.2. The van der Waals surface area contributed by atoms with Gasteiger partial charge >= 0.3 is 0 Å². The molecule has 0 aliphatic heterocycles. The summed E-state index contributed by atoms with van der Waals surface area (Å²) in [6, 6.07) is 11.5. The Morgan fingerprint density at radius 2 is 1.83 bits per heavy atom. The van der Waals surface area contributed by atoms with Gasteiger partial charge in [0.2, 0.25) is 0 Å². The van der Waals surface area contributed by atoms with E-state index in [0.29, 0.717) is 35.9 Å². The maximum absolute atomic E-state index is 13.7. The first-order valence-electron chi connectivity index (χ1n) is 7.41. The highest BCUT2D eigenvalue weighted by atomic mass is 19.1. The van der Waals surface area contributed by atoms with Gasteiger partial charge in [0.1, 0.15) is 17.2 Å². The third-order valence-corrected chi connectivity index (χ3v) is 3.63. The van der Waals surface area contributed by atoms with E-state index in [0.717, 1.165) is 11.6 Å². The topological polar surface area (TPSA) is 67.6 Å². The minimum absolute atomic E-state index is 0.129. The van der Waals surface area contributed by atoms with E-state index < -0.39 is 11.6 Å². The predicted molar refractivity (Wildman–Crippen MR) is 83.2 cm³/mol. The van der Waals surface area contributed by atoms with Gasteiger partial charge in [-0.25, -0.2) is 13.8 Å². The van der Waals surface area contributed by atoms with Crippen molar-refractivity contribution < 1.29 is 13.3 Å². The first-order chi connectivity index (χ1) is 11.7. The van der Waals surface area contributed by atoms with Gasteiger partial charge in [-0.15, -0.1) is 0 Å². The molecule has 4 rings (SSSR count). The van der Waals surface area contributed by atoms with Gasteiger partial charge in [-0.3, -0.25) is 0 Å². The van der Waals surface area contributed by atoms with Crippen molar-refractivity contribution in [2.45, 2.75) is 12.8 Å². The van der Waals surface area contributed by atoms with E-state index in [-0.39, 0.29) is 5.52 Å². The van der Waals surface area contributed by atoms with Crippen molar-refractivity contribution in [2.75, 3.05) is 0 Å². The number of nitrogens with one attached hydrogen (secondary N) is 1. The van der Waals surface area contributed by atoms with Crippen LogP contribution in [0.2, 0.25) is 0 Å². The molecule has 0 saturated carbocycles. The number of halogens is 2. The minimum atomic E-state index is -0.682. The summed E-state index contributed by atoms with van der Waals surface area (Å²) in [6.07, 6.45) is 0.934. The van der Waals surface area contributed by atoms with E-state index in [4.69, 9.17) is 4.52 Å². The summed E-state index contributed by atoms with van der Waals surface area (Å²) in [5.41, 5.74) is 1.31. The van der Waals surface area contributed by atoms with Crippen LogP contribution in [0.5, 0.6) is 0 Å². The van der Waals surface area contributed by atoms with E-state index in [9.17, 15) is 8.78 Å². The zero-order valence-electron chi connectivity index (χ0n) is 12.5. The van der Waals surface area contributed by atoms with Crippen molar-refractivity contribution >= 4 is 11.0 Å². The van der Waals surface area contributed by atoms with Gasteiger partial charge in [0.25, 0.3) is 5.89 Å². The molecule has 0 aliphatic carbocycles. The number of benzene rings is 2. The minimum Gasteiger partial charge on any atom is -0.342 e. The lowest BCUT2D eigenvalue weighted by Gasteiger charge is -1.92. The summed E-state index contributed by atoms with van der Waals surface area (Å²) in [6.45, 7) is 0. The Balaban J connectivity index is 1.51. The molecule has 0 amide bonds.